The molecule has 120 valence electrons. The van der Waals surface area contributed by atoms with Crippen LogP contribution in [0.3, 0.4) is 0 Å². The van der Waals surface area contributed by atoms with Gasteiger partial charge in [0.1, 0.15) is 5.52 Å². The Balaban J connectivity index is 2.13. The average molecular weight is 310 g/mol. The number of rotatable bonds is 3. The van der Waals surface area contributed by atoms with E-state index in [1.165, 1.54) is 29.2 Å². The number of ether oxygens (including phenoxy) is 1. The van der Waals surface area contributed by atoms with Gasteiger partial charge in [-0.3, -0.25) is 9.58 Å². The van der Waals surface area contributed by atoms with Crippen LogP contribution in [0.15, 0.2) is 30.5 Å². The third-order valence-corrected chi connectivity index (χ3v) is 4.98. The average Bonchev–Trinajstić information content (AvgIpc) is 3.15. The molecule has 4 rings (SSSR count). The van der Waals surface area contributed by atoms with Crippen LogP contribution in [-0.4, -0.2) is 42.3 Å². The molecule has 0 amide bonds. The summed E-state index contributed by atoms with van der Waals surface area (Å²) in [5.74, 6) is 0.662. The van der Waals surface area contributed by atoms with Crippen molar-refractivity contribution in [3.63, 3.8) is 0 Å². The lowest BCUT2D eigenvalue weighted by molar-refractivity contribution is 0.318. The van der Waals surface area contributed by atoms with E-state index in [1.807, 2.05) is 13.2 Å². The first-order valence-corrected chi connectivity index (χ1v) is 8.10. The van der Waals surface area contributed by atoms with Crippen molar-refractivity contribution in [3.8, 4) is 5.88 Å². The van der Waals surface area contributed by atoms with Gasteiger partial charge < -0.3 is 10.2 Å². The number of hydrogen-bond donors (Lipinski definition) is 1. The van der Waals surface area contributed by atoms with Crippen LogP contribution in [0.5, 0.6) is 5.88 Å². The van der Waals surface area contributed by atoms with E-state index >= 15 is 0 Å². The number of nitrogens with zero attached hydrogens (tertiary/aromatic N) is 3. The zero-order valence-corrected chi connectivity index (χ0v) is 13.8. The zero-order valence-electron chi connectivity index (χ0n) is 13.8. The van der Waals surface area contributed by atoms with Gasteiger partial charge in [0.25, 0.3) is 0 Å². The highest BCUT2D eigenvalue weighted by Gasteiger charge is 2.28. The van der Waals surface area contributed by atoms with Gasteiger partial charge in [0.2, 0.25) is 5.88 Å². The fourth-order valence-corrected chi connectivity index (χ4v) is 3.93. The van der Waals surface area contributed by atoms with Gasteiger partial charge in [0.05, 0.1) is 12.6 Å². The van der Waals surface area contributed by atoms with E-state index in [1.54, 1.807) is 7.11 Å². The first-order chi connectivity index (χ1) is 11.3. The van der Waals surface area contributed by atoms with Crippen LogP contribution in [0.4, 0.5) is 0 Å². The molecular weight excluding hydrogens is 288 g/mol. The minimum Gasteiger partial charge on any atom is -0.479 e. The Morgan fingerprint density at radius 2 is 2.13 bits per heavy atom. The Hall–Kier alpha value is -2.27. The molecule has 0 unspecified atom stereocenters. The van der Waals surface area contributed by atoms with Crippen LogP contribution in [0.1, 0.15) is 24.4 Å². The van der Waals surface area contributed by atoms with Crippen molar-refractivity contribution >= 4 is 21.8 Å². The summed E-state index contributed by atoms with van der Waals surface area (Å²) in [4.78, 5) is 7.02. The normalized spacial score (nSPS) is 18.8. The summed E-state index contributed by atoms with van der Waals surface area (Å²) >= 11 is 0. The van der Waals surface area contributed by atoms with Gasteiger partial charge in [-0.05, 0) is 38.1 Å². The number of fused-ring (bicyclic) bond motifs is 3. The van der Waals surface area contributed by atoms with Gasteiger partial charge in [0.15, 0.2) is 0 Å². The molecule has 0 bridgehead atoms. The summed E-state index contributed by atoms with van der Waals surface area (Å²) in [5.41, 5.74) is 6.75. The summed E-state index contributed by atoms with van der Waals surface area (Å²) < 4.78 is 7.64. The van der Waals surface area contributed by atoms with Gasteiger partial charge in [0, 0.05) is 30.1 Å². The second-order valence-corrected chi connectivity index (χ2v) is 6.16. The molecular formula is C18H22N4O. The van der Waals surface area contributed by atoms with Crippen molar-refractivity contribution in [2.24, 2.45) is 0 Å². The van der Waals surface area contributed by atoms with Crippen LogP contribution in [0, 0.1) is 0 Å². The summed E-state index contributed by atoms with van der Waals surface area (Å²) in [6.45, 7) is 1.14. The minimum atomic E-state index is 0.423. The molecule has 0 aliphatic carbocycles. The lowest BCUT2D eigenvalue weighted by atomic mass is 10.0. The predicted octanol–water partition coefficient (Wildman–Crippen LogP) is 3.14. The third kappa shape index (κ3) is 2.00. The maximum Gasteiger partial charge on any atom is 0.240 e. The van der Waals surface area contributed by atoms with Crippen molar-refractivity contribution < 1.29 is 4.74 Å². The number of benzene rings is 1. The van der Waals surface area contributed by atoms with Crippen LogP contribution < -0.4 is 10.2 Å². The molecule has 1 N–H and O–H groups in total. The zero-order chi connectivity index (χ0) is 16.0. The Bertz CT molecular complexity index is 870. The van der Waals surface area contributed by atoms with E-state index in [0.29, 0.717) is 11.9 Å². The highest BCUT2D eigenvalue weighted by molar-refractivity contribution is 6.11. The van der Waals surface area contributed by atoms with E-state index in [-0.39, 0.29) is 0 Å². The lowest BCUT2D eigenvalue weighted by Gasteiger charge is -2.21. The van der Waals surface area contributed by atoms with E-state index in [4.69, 9.17) is 4.74 Å². The Labute approximate surface area is 135 Å². The van der Waals surface area contributed by atoms with Crippen LogP contribution in [0.2, 0.25) is 0 Å². The van der Waals surface area contributed by atoms with Gasteiger partial charge in [-0.1, -0.05) is 18.2 Å². The number of nitrogens with one attached hydrogen (secondary N) is 1. The Morgan fingerprint density at radius 1 is 1.30 bits per heavy atom. The molecule has 2 aromatic heterocycles. The number of aromatic nitrogens is 2. The van der Waals surface area contributed by atoms with Crippen LogP contribution >= 0.6 is 0 Å². The molecule has 1 aliphatic heterocycles. The van der Waals surface area contributed by atoms with Crippen molar-refractivity contribution in [2.45, 2.75) is 18.9 Å². The van der Waals surface area contributed by atoms with Crippen LogP contribution in [-0.2, 0) is 0 Å². The topological polar surface area (TPSA) is 42.3 Å². The highest BCUT2D eigenvalue weighted by Crippen LogP contribution is 2.41. The summed E-state index contributed by atoms with van der Waals surface area (Å²) in [5, 5.41) is 2.49. The van der Waals surface area contributed by atoms with Gasteiger partial charge >= 0.3 is 0 Å². The van der Waals surface area contributed by atoms with Gasteiger partial charge in [-0.25, -0.2) is 4.98 Å². The Kier molecular flexibility index (Phi) is 3.38. The number of hydrogen-bond acceptors (Lipinski definition) is 4. The molecule has 0 radical (unpaired) electrons. The molecule has 0 spiro atoms. The van der Waals surface area contributed by atoms with Crippen LogP contribution in [0.25, 0.3) is 21.8 Å². The van der Waals surface area contributed by atoms with Gasteiger partial charge in [-0.2, -0.15) is 0 Å². The largest absolute Gasteiger partial charge is 0.479 e. The standard InChI is InChI=1S/C18H22N4O/c1-19-22-15-8-5-4-7-12(15)16-13(14-9-6-10-21(14)2)11-20-18(23-3)17(16)22/h4-5,7-8,11,14,19H,6,9-10H2,1-3H3/t14-/m0/s1. The van der Waals surface area contributed by atoms with Crippen molar-refractivity contribution in [1.29, 1.82) is 0 Å². The number of para-hydroxylation sites is 1. The maximum atomic E-state index is 5.56. The highest BCUT2D eigenvalue weighted by atomic mass is 16.5. The van der Waals surface area contributed by atoms with Crippen molar-refractivity contribution in [3.05, 3.63) is 36.0 Å². The quantitative estimate of drug-likeness (QED) is 0.807. The first kappa shape index (κ1) is 14.3. The molecule has 3 heterocycles. The van der Waals surface area contributed by atoms with Gasteiger partial charge in [-0.15, -0.1) is 0 Å². The third-order valence-electron chi connectivity index (χ3n) is 4.98. The molecule has 5 nitrogen and oxygen atoms in total. The number of likely N-dealkylation sites (tertiary alicyclic amines) is 1. The number of methoxy groups -OCH3 is 1. The maximum absolute atomic E-state index is 5.56. The van der Waals surface area contributed by atoms with Crippen molar-refractivity contribution in [1.82, 2.24) is 14.6 Å². The lowest BCUT2D eigenvalue weighted by Crippen LogP contribution is -2.18. The second-order valence-electron chi connectivity index (χ2n) is 6.16. The molecule has 1 atom stereocenters. The molecule has 5 heteroatoms. The fraction of sp³-hybridized carbons (Fsp3) is 0.389. The fourth-order valence-electron chi connectivity index (χ4n) is 3.93. The molecule has 3 aromatic rings. The van der Waals surface area contributed by atoms with E-state index in [2.05, 4.69) is 51.3 Å². The smallest absolute Gasteiger partial charge is 0.240 e. The molecule has 1 aliphatic rings. The predicted molar refractivity (Wildman–Crippen MR) is 93.7 cm³/mol. The Morgan fingerprint density at radius 3 is 2.83 bits per heavy atom. The molecule has 0 saturated carbocycles. The summed E-state index contributed by atoms with van der Waals surface area (Å²) in [6.07, 6.45) is 4.41. The molecule has 1 saturated heterocycles. The molecule has 1 fully saturated rings. The minimum absolute atomic E-state index is 0.423. The number of pyridine rings is 1. The van der Waals surface area contributed by atoms with E-state index in [0.717, 1.165) is 17.6 Å². The first-order valence-electron chi connectivity index (χ1n) is 8.10. The SMILES string of the molecule is CNn1c2ccccc2c2c([C@@H]3CCCN3C)cnc(OC)c21. The molecule has 23 heavy (non-hydrogen) atoms. The molecule has 1 aromatic carbocycles. The summed E-state index contributed by atoms with van der Waals surface area (Å²) in [7, 11) is 5.81. The summed E-state index contributed by atoms with van der Waals surface area (Å²) in [6, 6.07) is 8.90. The van der Waals surface area contributed by atoms with E-state index in [9.17, 15) is 0 Å². The monoisotopic (exact) mass is 310 g/mol. The van der Waals surface area contributed by atoms with E-state index < -0.39 is 0 Å². The van der Waals surface area contributed by atoms with Crippen molar-refractivity contribution in [2.75, 3.05) is 33.2 Å². The second kappa shape index (κ2) is 5.42.